The smallest absolute Gasteiger partial charge is 0.264 e. The van der Waals surface area contributed by atoms with E-state index in [9.17, 15) is 0 Å². The Balaban J connectivity index is 1.23. The number of benzene rings is 7. The molecule has 0 spiro atoms. The van der Waals surface area contributed by atoms with Crippen LogP contribution in [0.15, 0.2) is 140 Å². The molecule has 0 bridgehead atoms. The third kappa shape index (κ3) is 6.78. The summed E-state index contributed by atoms with van der Waals surface area (Å²) >= 11 is 3.88. The molecule has 0 saturated carbocycles. The quantitative estimate of drug-likeness (QED) is 0.159. The van der Waals surface area contributed by atoms with Crippen LogP contribution in [0.2, 0.25) is 0 Å². The van der Waals surface area contributed by atoms with Crippen molar-refractivity contribution in [2.75, 3.05) is 9.80 Å². The Morgan fingerprint density at radius 3 is 1.76 bits per heavy atom. The van der Waals surface area contributed by atoms with Crippen LogP contribution >= 0.6 is 22.7 Å². The molecule has 330 valence electrons. The zero-order valence-corrected chi connectivity index (χ0v) is 42.4. The predicted molar refractivity (Wildman–Crippen MR) is 294 cm³/mol. The highest BCUT2D eigenvalue weighted by molar-refractivity contribution is 7.33. The monoisotopic (exact) mass is 896 g/mol. The Bertz CT molecular complexity index is 3400. The lowest BCUT2D eigenvalue weighted by Gasteiger charge is -2.44. The van der Waals surface area contributed by atoms with E-state index in [4.69, 9.17) is 0 Å². The first-order valence-electron chi connectivity index (χ1n) is 23.9. The van der Waals surface area contributed by atoms with E-state index < -0.39 is 0 Å². The van der Waals surface area contributed by atoms with Gasteiger partial charge in [-0.05, 0) is 140 Å². The Morgan fingerprint density at radius 1 is 0.455 bits per heavy atom. The maximum absolute atomic E-state index is 2.63. The number of rotatable bonds is 5. The molecule has 0 amide bonds. The minimum absolute atomic E-state index is 0.0119. The summed E-state index contributed by atoms with van der Waals surface area (Å²) in [6.07, 6.45) is 1.06. The van der Waals surface area contributed by atoms with Crippen molar-refractivity contribution < 1.29 is 0 Å². The molecule has 0 unspecified atom stereocenters. The second-order valence-corrected chi connectivity index (χ2v) is 24.9. The summed E-state index contributed by atoms with van der Waals surface area (Å²) in [5.41, 5.74) is 18.2. The molecule has 7 aromatic carbocycles. The highest BCUT2D eigenvalue weighted by Crippen LogP contribution is 2.51. The lowest BCUT2D eigenvalue weighted by Crippen LogP contribution is -2.60. The van der Waals surface area contributed by atoms with Gasteiger partial charge >= 0.3 is 0 Å². The summed E-state index contributed by atoms with van der Waals surface area (Å²) < 4.78 is 5.41. The van der Waals surface area contributed by atoms with Gasteiger partial charge in [0.1, 0.15) is 0 Å². The van der Waals surface area contributed by atoms with Gasteiger partial charge in [-0.2, -0.15) is 0 Å². The topological polar surface area (TPSA) is 6.48 Å². The summed E-state index contributed by atoms with van der Waals surface area (Å²) in [4.78, 5) is 5.24. The minimum Gasteiger partial charge on any atom is -0.311 e. The van der Waals surface area contributed by atoms with Crippen LogP contribution < -0.4 is 25.5 Å². The molecule has 66 heavy (non-hydrogen) atoms. The van der Waals surface area contributed by atoms with Gasteiger partial charge in [0.15, 0.2) is 0 Å². The molecule has 0 N–H and O–H groups in total. The third-order valence-electron chi connectivity index (χ3n) is 14.9. The van der Waals surface area contributed by atoms with Crippen LogP contribution in [-0.4, -0.2) is 6.71 Å². The number of nitrogens with zero attached hydrogens (tertiary/aromatic N) is 2. The van der Waals surface area contributed by atoms with Crippen molar-refractivity contribution in [2.24, 2.45) is 0 Å². The van der Waals surface area contributed by atoms with Gasteiger partial charge in [0.05, 0.1) is 11.4 Å². The lowest BCUT2D eigenvalue weighted by atomic mass is 9.36. The normalized spacial score (nSPS) is 14.0. The fraction of sp³-hybridized carbons (Fsp3) is 0.279. The number of hydrogen-bond donors (Lipinski definition) is 0. The largest absolute Gasteiger partial charge is 0.311 e. The molecule has 0 aliphatic carbocycles. The molecule has 9 aromatic rings. The van der Waals surface area contributed by atoms with Gasteiger partial charge in [-0.1, -0.05) is 150 Å². The van der Waals surface area contributed by atoms with Crippen molar-refractivity contribution in [3.63, 3.8) is 0 Å². The van der Waals surface area contributed by atoms with Gasteiger partial charge < -0.3 is 9.80 Å². The number of thiophene rings is 2. The fourth-order valence-electron chi connectivity index (χ4n) is 10.5. The number of hydrogen-bond acceptors (Lipinski definition) is 4. The standard InChI is InChI=1S/C61H61BN2S2/c1-13-61(11,12)41-25-30-49-47(36-41)62-55-50(63(42-27-22-38(23-28-42)58(2,3)4)56-46-35-40(60(8,9)10)26-32-54(46)66-57(56)62)18-16-19-51(55)64(49)48-29-24-39(59(5,6)7)34-44(48)37-21-31-53-45(33-37)43-17-14-15-20-52(43)65-53/h14-36H,13H2,1-12H3. The number of fused-ring (bicyclic) bond motifs is 9. The van der Waals surface area contributed by atoms with E-state index in [1.807, 2.05) is 22.7 Å². The summed E-state index contributed by atoms with van der Waals surface area (Å²) in [6, 6.07) is 54.6. The Hall–Kier alpha value is -5.62. The number of anilines is 6. The molecule has 0 atom stereocenters. The van der Waals surface area contributed by atoms with Crippen LogP contribution in [0.3, 0.4) is 0 Å². The van der Waals surface area contributed by atoms with Crippen molar-refractivity contribution in [1.29, 1.82) is 0 Å². The maximum atomic E-state index is 2.63. The lowest BCUT2D eigenvalue weighted by molar-refractivity contribution is 0.506. The van der Waals surface area contributed by atoms with Crippen molar-refractivity contribution in [2.45, 2.75) is 111 Å². The SMILES string of the molecule is CCC(C)(C)c1ccc2c(c1)B1c3sc4ccc(C(C)(C)C)cc4c3N(c3ccc(C(C)(C)C)cc3)c3cccc(c31)N2c1ccc(C(C)(C)C)cc1-c1ccc2sc3ccccc3c2c1. The van der Waals surface area contributed by atoms with Crippen molar-refractivity contribution in [3.8, 4) is 11.1 Å². The van der Waals surface area contributed by atoms with Crippen LogP contribution in [0.25, 0.3) is 41.4 Å². The van der Waals surface area contributed by atoms with E-state index in [1.54, 1.807) is 0 Å². The molecule has 2 nitrogen and oxygen atoms in total. The van der Waals surface area contributed by atoms with Crippen molar-refractivity contribution >= 4 is 109 Å². The molecule has 0 saturated heterocycles. The summed E-state index contributed by atoms with van der Waals surface area (Å²) in [7, 11) is 0. The average molecular weight is 897 g/mol. The molecule has 0 radical (unpaired) electrons. The highest BCUT2D eigenvalue weighted by Gasteiger charge is 2.46. The predicted octanol–water partition coefficient (Wildman–Crippen LogP) is 16.6. The zero-order chi connectivity index (χ0) is 46.2. The van der Waals surface area contributed by atoms with E-state index in [1.165, 1.54) is 113 Å². The Morgan fingerprint density at radius 2 is 1.05 bits per heavy atom. The van der Waals surface area contributed by atoms with Gasteiger partial charge in [-0.3, -0.25) is 0 Å². The van der Waals surface area contributed by atoms with Gasteiger partial charge in [-0.25, -0.2) is 0 Å². The molecule has 11 rings (SSSR count). The second-order valence-electron chi connectivity index (χ2n) is 22.7. The van der Waals surface area contributed by atoms with Crippen molar-refractivity contribution in [1.82, 2.24) is 0 Å². The zero-order valence-electron chi connectivity index (χ0n) is 40.8. The molecular weight excluding hydrogens is 836 g/mol. The van der Waals surface area contributed by atoms with Gasteiger partial charge in [0, 0.05) is 63.3 Å². The summed E-state index contributed by atoms with van der Waals surface area (Å²) in [5.74, 6) is 0. The summed E-state index contributed by atoms with van der Waals surface area (Å²) in [5, 5.41) is 3.98. The van der Waals surface area contributed by atoms with E-state index in [-0.39, 0.29) is 28.4 Å². The van der Waals surface area contributed by atoms with Crippen LogP contribution in [-0.2, 0) is 21.7 Å². The Labute approximate surface area is 401 Å². The summed E-state index contributed by atoms with van der Waals surface area (Å²) in [6.45, 7) is 28.1. The molecule has 0 fully saturated rings. The molecule has 2 aromatic heterocycles. The van der Waals surface area contributed by atoms with E-state index in [2.05, 4.69) is 232 Å². The van der Waals surface area contributed by atoms with E-state index >= 15 is 0 Å². The van der Waals surface area contributed by atoms with Gasteiger partial charge in [0.25, 0.3) is 6.71 Å². The average Bonchev–Trinajstić information content (AvgIpc) is 3.86. The van der Waals surface area contributed by atoms with E-state index in [0.29, 0.717) is 0 Å². The Kier molecular flexibility index (Phi) is 9.73. The van der Waals surface area contributed by atoms with Gasteiger partial charge in [0.2, 0.25) is 0 Å². The minimum atomic E-state index is -0.0304. The van der Waals surface area contributed by atoms with Gasteiger partial charge in [-0.15, -0.1) is 22.7 Å². The molecule has 4 heterocycles. The molecule has 2 aliphatic heterocycles. The maximum Gasteiger partial charge on any atom is 0.264 e. The highest BCUT2D eigenvalue weighted by atomic mass is 32.1. The fourth-order valence-corrected chi connectivity index (χ4v) is 12.9. The molecule has 5 heteroatoms. The van der Waals surface area contributed by atoms with Crippen LogP contribution in [0.1, 0.15) is 112 Å². The molecule has 2 aliphatic rings. The first kappa shape index (κ1) is 43.0. The molecular formula is C61H61BN2S2. The van der Waals surface area contributed by atoms with Crippen LogP contribution in [0.5, 0.6) is 0 Å². The van der Waals surface area contributed by atoms with E-state index in [0.717, 1.165) is 6.42 Å². The van der Waals surface area contributed by atoms with Crippen LogP contribution in [0, 0.1) is 0 Å². The second kappa shape index (κ2) is 14.9. The van der Waals surface area contributed by atoms with Crippen molar-refractivity contribution in [3.05, 3.63) is 162 Å². The first-order chi connectivity index (χ1) is 31.3. The van der Waals surface area contributed by atoms with Crippen LogP contribution in [0.4, 0.5) is 34.1 Å². The third-order valence-corrected chi connectivity index (χ3v) is 17.3. The first-order valence-corrected chi connectivity index (χ1v) is 25.6.